The van der Waals surface area contributed by atoms with Crippen molar-refractivity contribution in [1.29, 1.82) is 0 Å². The molecule has 637 valence electrons. The van der Waals surface area contributed by atoms with E-state index in [1.807, 2.05) is 206 Å². The van der Waals surface area contributed by atoms with Crippen LogP contribution in [0.5, 0.6) is 46.0 Å². The van der Waals surface area contributed by atoms with E-state index in [9.17, 15) is 29.4 Å². The second kappa shape index (κ2) is 46.9. The van der Waals surface area contributed by atoms with Crippen LogP contribution in [0.4, 0.5) is 0 Å². The third kappa shape index (κ3) is 38.3. The van der Waals surface area contributed by atoms with Crippen molar-refractivity contribution >= 4 is 47.7 Å². The number of amides is 2. The topological polar surface area (TPSA) is 281 Å². The number of nitrogens with one attached hydrogen (secondary N) is 2. The number of carboxylic acids is 2. The predicted molar refractivity (Wildman–Crippen MR) is 475 cm³/mol. The number of nitrogens with two attached hydrogens (primary N) is 2. The van der Waals surface area contributed by atoms with Gasteiger partial charge in [0.25, 0.3) is 0 Å². The maximum atomic E-state index is 12.6. The summed E-state index contributed by atoms with van der Waals surface area (Å²) in [6.07, 6.45) is 0. The van der Waals surface area contributed by atoms with Gasteiger partial charge in [-0.3, -0.25) is 25.1 Å². The summed E-state index contributed by atoms with van der Waals surface area (Å²) in [5.74, 6) is 21.1. The van der Waals surface area contributed by atoms with Gasteiger partial charge in [0.1, 0.15) is 0 Å². The Bertz CT molecular complexity index is 3740. The van der Waals surface area contributed by atoms with Crippen LogP contribution in [-0.4, -0.2) is 106 Å². The van der Waals surface area contributed by atoms with Crippen molar-refractivity contribution < 1.29 is 101 Å². The average molecular weight is 1760 g/mol. The maximum Gasteiger partial charge on any atom is 0.308 e. The summed E-state index contributed by atoms with van der Waals surface area (Å²) in [6.45, 7) is 71.5. The summed E-state index contributed by atoms with van der Waals surface area (Å²) < 4.78 is 33.4. The molecule has 4 rings (SSSR count). The predicted octanol–water partition coefficient (Wildman–Crippen LogP) is 20.8. The fraction of sp³-hybridized carbons (Fsp3) is 0.620. The van der Waals surface area contributed by atoms with E-state index in [4.69, 9.17) is 50.1 Å². The van der Waals surface area contributed by atoms with Gasteiger partial charge in [0.05, 0.1) is 39.3 Å². The number of rotatable bonds is 18. The van der Waals surface area contributed by atoms with Gasteiger partial charge in [0.15, 0.2) is 57.2 Å². The number of halogens is 1. The molecule has 1 radical (unpaired) electrons. The first-order valence-corrected chi connectivity index (χ1v) is 36.5. The molecule has 0 aliphatic heterocycles. The molecule has 10 N–H and O–H groups in total. The number of phenolic OH excluding ortho intramolecular Hbond substituents is 2. The van der Waals surface area contributed by atoms with Crippen LogP contribution in [0.3, 0.4) is 0 Å². The zero-order valence-corrected chi connectivity index (χ0v) is 80.6. The molecule has 4 aromatic carbocycles. The Morgan fingerprint density at radius 1 is 0.375 bits per heavy atom. The molecular formula is C92H154IN4O14Y-. The number of methoxy groups -OCH3 is 4. The number of hydrogen-bond donors (Lipinski definition) is 8. The molecule has 0 fully saturated rings. The van der Waals surface area contributed by atoms with Crippen LogP contribution in [0.1, 0.15) is 293 Å². The minimum atomic E-state index is -0.757. The van der Waals surface area contributed by atoms with Crippen LogP contribution in [0.15, 0.2) is 72.8 Å². The van der Waals surface area contributed by atoms with Gasteiger partial charge in [-0.1, -0.05) is 155 Å². The summed E-state index contributed by atoms with van der Waals surface area (Å²) in [5.41, 5.74) is 10.7. The molecule has 18 nitrogen and oxygen atoms in total. The molecule has 0 bridgehead atoms. The Hall–Kier alpha value is -6.54. The number of ether oxygens (including phenoxy) is 6. The van der Waals surface area contributed by atoms with Gasteiger partial charge in [-0.15, -0.1) is 49.7 Å². The van der Waals surface area contributed by atoms with E-state index in [0.29, 0.717) is 34.5 Å². The number of carbonyl (C=O) groups is 4. The van der Waals surface area contributed by atoms with Crippen LogP contribution < -0.4 is 50.5 Å². The fourth-order valence-corrected chi connectivity index (χ4v) is 8.59. The van der Waals surface area contributed by atoms with E-state index in [1.54, 1.807) is 88.9 Å². The number of hydrogen-bond acceptors (Lipinski definition) is 14. The molecule has 20 heteroatoms. The van der Waals surface area contributed by atoms with Crippen molar-refractivity contribution in [2.75, 3.05) is 28.4 Å². The molecule has 2 amide bonds. The SMILES string of the molecule is C.C.CC#CC(C)(C)Oc1ccc(C(C)(C)C(C)(C)N)cc1OC.CC#CC(C)(C)Oc1ccc(C(C)(C)C(C)(C)NC(=O)C(C)(C)C)cc1OC.CC#C[C-](C)C.CC(C)(C)C(=O)O.CC(C)(C)C(=O)O.COc1cc(C(C)(C)C(C)(C)N)ccc1O.COc1cc(C(C)(C)C(C)(C)NC(=O)C(C)(C)C)ccc1O.I.[Y]. The third-order valence-corrected chi connectivity index (χ3v) is 19.4. The van der Waals surface area contributed by atoms with Gasteiger partial charge in [-0.25, -0.2) is 0 Å². The van der Waals surface area contributed by atoms with Gasteiger partial charge >= 0.3 is 11.9 Å². The smallest absolute Gasteiger partial charge is 0.308 e. The Kier molecular flexibility index (Phi) is 49.7. The van der Waals surface area contributed by atoms with E-state index in [0.717, 1.165) is 22.3 Å². The number of carbonyl (C=O) groups excluding carboxylic acids is 2. The first-order valence-electron chi connectivity index (χ1n) is 36.5. The average Bonchev–Trinajstić information content (AvgIpc) is 0.787. The molecular weight excluding hydrogens is 1600 g/mol. The van der Waals surface area contributed by atoms with Gasteiger partial charge in [-0.2, -0.15) is 5.92 Å². The number of benzene rings is 4. The summed E-state index contributed by atoms with van der Waals surface area (Å²) in [5, 5.41) is 42.2. The van der Waals surface area contributed by atoms with Gasteiger partial charge < -0.3 is 76.9 Å². The van der Waals surface area contributed by atoms with Crippen molar-refractivity contribution in [1.82, 2.24) is 10.6 Å². The normalized spacial score (nSPS) is 11.7. The largest absolute Gasteiger partial charge is 0.504 e. The summed E-state index contributed by atoms with van der Waals surface area (Å²) in [4.78, 5) is 45.0. The monoisotopic (exact) mass is 1750 g/mol. The number of aliphatic carboxylic acids is 2. The van der Waals surface area contributed by atoms with E-state index < -0.39 is 55.9 Å². The van der Waals surface area contributed by atoms with Gasteiger partial charge in [-0.05, 0) is 209 Å². The zero-order valence-electron chi connectivity index (χ0n) is 75.4. The van der Waals surface area contributed by atoms with Crippen LogP contribution in [-0.2, 0) is 73.5 Å². The Balaban J connectivity index is -0.000000242. The second-order valence-corrected chi connectivity index (χ2v) is 36.6. The van der Waals surface area contributed by atoms with Crippen LogP contribution in [0.25, 0.3) is 0 Å². The van der Waals surface area contributed by atoms with Gasteiger partial charge in [0, 0.05) is 87.4 Å². The number of phenols is 2. The molecule has 0 spiro atoms. The van der Waals surface area contributed by atoms with Crippen LogP contribution in [0, 0.1) is 63.1 Å². The fourth-order valence-electron chi connectivity index (χ4n) is 8.59. The molecule has 0 aliphatic rings. The number of carboxylic acid groups (broad SMARTS) is 2. The van der Waals surface area contributed by atoms with E-state index in [2.05, 4.69) is 102 Å². The summed E-state index contributed by atoms with van der Waals surface area (Å²) in [7, 11) is 6.34. The molecule has 0 atom stereocenters. The van der Waals surface area contributed by atoms with Crippen molar-refractivity contribution in [2.45, 2.75) is 326 Å². The van der Waals surface area contributed by atoms with E-state index in [-0.39, 0.29) is 128 Å². The summed E-state index contributed by atoms with van der Waals surface area (Å²) in [6, 6.07) is 22.6. The Morgan fingerprint density at radius 3 is 0.777 bits per heavy atom. The molecule has 0 aromatic heterocycles. The Morgan fingerprint density at radius 2 is 0.598 bits per heavy atom. The van der Waals surface area contributed by atoms with Crippen molar-refractivity contribution in [3.05, 3.63) is 101 Å². The van der Waals surface area contributed by atoms with Crippen LogP contribution >= 0.6 is 24.0 Å². The number of aromatic hydroxyl groups is 2. The minimum Gasteiger partial charge on any atom is -0.504 e. The molecule has 0 heterocycles. The van der Waals surface area contributed by atoms with Gasteiger partial charge in [0.2, 0.25) is 11.8 Å². The molecule has 0 unspecified atom stereocenters. The minimum absolute atomic E-state index is 0. The van der Waals surface area contributed by atoms with Crippen molar-refractivity contribution in [3.63, 3.8) is 0 Å². The first-order chi connectivity index (χ1) is 48.2. The molecule has 4 aromatic rings. The maximum absolute atomic E-state index is 12.6. The first kappa shape index (κ1) is 119. The third-order valence-electron chi connectivity index (χ3n) is 19.4. The van der Waals surface area contributed by atoms with Crippen molar-refractivity contribution in [3.8, 4) is 81.5 Å². The van der Waals surface area contributed by atoms with Crippen LogP contribution in [0.2, 0.25) is 0 Å². The zero-order chi connectivity index (χ0) is 86.2. The molecule has 0 aliphatic carbocycles. The molecule has 112 heavy (non-hydrogen) atoms. The molecule has 0 saturated carbocycles. The quantitative estimate of drug-likeness (QED) is 0.0261. The summed E-state index contributed by atoms with van der Waals surface area (Å²) >= 11 is 0. The Labute approximate surface area is 723 Å². The molecule has 0 saturated heterocycles. The van der Waals surface area contributed by atoms with E-state index >= 15 is 0 Å². The van der Waals surface area contributed by atoms with E-state index in [1.165, 1.54) is 13.0 Å². The van der Waals surface area contributed by atoms with Crippen molar-refractivity contribution in [2.24, 2.45) is 33.1 Å². The standard InChI is InChI=1S/C24H37NO3.C19H29NO2.C18H29NO3.C13H21NO2.C6H9.2C5H10O2.2CH4.HI.Y/c1-12-15-22(5,6)28-18-14-13-17(16-19(18)27-11)23(7,8)24(9,10)25-20(26)21(2,3)4;1-9-12-17(2,3)22-15-11-10-14(13-16(15)21-8)18(4,5)19(6,7)20;1-16(2,3)15(21)19-18(6,7)17(4,5)12-9-10-13(20)14(11-12)22-8;1-12(2,13(3,4)14)9-6-7-10(15)11(8-9)16-5;1-4-5-6(2)3;2*1-5(2,3)4(6)7;;;;/h13-14,16H,1-11H3,(H,25,26);10-11,13H,20H2,1-8H3;9-11,20H,1-8H3,(H,19,21);6-8,15H,14H2,1-5H3;1-3H3;2*1-3H3,(H,6,7);2*1H4;1H;/q;;;;-1;;;;;;. The second-order valence-electron chi connectivity index (χ2n) is 36.6.